The van der Waals surface area contributed by atoms with Crippen LogP contribution in [0.3, 0.4) is 0 Å². The number of nitrogens with zero attached hydrogens (tertiary/aromatic N) is 4. The Hall–Kier alpha value is -1.24. The summed E-state index contributed by atoms with van der Waals surface area (Å²) in [6, 6.07) is 0. The lowest BCUT2D eigenvalue weighted by molar-refractivity contribution is -0.128. The van der Waals surface area contributed by atoms with Crippen molar-refractivity contribution in [2.75, 3.05) is 24.6 Å². The molecule has 7 heteroatoms. The molecule has 0 aromatic carbocycles. The first kappa shape index (κ1) is 13.2. The first-order chi connectivity index (χ1) is 8.68. The van der Waals surface area contributed by atoms with Crippen LogP contribution in [0.15, 0.2) is 5.16 Å². The molecule has 0 aliphatic carbocycles. The standard InChI is InChI=1S/C11H19N5OS/c1-15-10(12)13-14-11(15)18-8-9(17)16-6-4-2-3-5-7-16/h2-8H2,1H3,(H2,12,13). The van der Waals surface area contributed by atoms with Crippen molar-refractivity contribution in [3.05, 3.63) is 0 Å². The van der Waals surface area contributed by atoms with E-state index in [2.05, 4.69) is 10.2 Å². The van der Waals surface area contributed by atoms with E-state index in [0.717, 1.165) is 25.9 Å². The number of nitrogen functional groups attached to an aromatic ring is 1. The Kier molecular flexibility index (Phi) is 4.46. The van der Waals surface area contributed by atoms with Gasteiger partial charge >= 0.3 is 0 Å². The lowest BCUT2D eigenvalue weighted by atomic mass is 10.2. The topological polar surface area (TPSA) is 77.0 Å². The highest BCUT2D eigenvalue weighted by Gasteiger charge is 2.17. The van der Waals surface area contributed by atoms with Gasteiger partial charge in [0.1, 0.15) is 0 Å². The number of carbonyl (C=O) groups excluding carboxylic acids is 1. The lowest BCUT2D eigenvalue weighted by Gasteiger charge is -2.19. The summed E-state index contributed by atoms with van der Waals surface area (Å²) < 4.78 is 1.69. The Morgan fingerprint density at radius 2 is 1.94 bits per heavy atom. The predicted molar refractivity (Wildman–Crippen MR) is 71.2 cm³/mol. The number of thioether (sulfide) groups is 1. The third kappa shape index (κ3) is 3.16. The van der Waals surface area contributed by atoms with Gasteiger partial charge < -0.3 is 10.6 Å². The fourth-order valence-corrected chi connectivity index (χ4v) is 2.81. The number of rotatable bonds is 3. The average Bonchev–Trinajstić information content (AvgIpc) is 2.63. The number of amides is 1. The molecule has 0 saturated carbocycles. The van der Waals surface area contributed by atoms with Crippen LogP contribution in [0, 0.1) is 0 Å². The molecule has 0 bridgehead atoms. The summed E-state index contributed by atoms with van der Waals surface area (Å²) >= 11 is 1.39. The van der Waals surface area contributed by atoms with E-state index in [1.807, 2.05) is 4.90 Å². The van der Waals surface area contributed by atoms with E-state index < -0.39 is 0 Å². The smallest absolute Gasteiger partial charge is 0.233 e. The van der Waals surface area contributed by atoms with Crippen LogP contribution in [0.4, 0.5) is 5.95 Å². The third-order valence-electron chi connectivity index (χ3n) is 3.15. The maximum absolute atomic E-state index is 12.1. The van der Waals surface area contributed by atoms with Gasteiger partial charge in [-0.25, -0.2) is 0 Å². The van der Waals surface area contributed by atoms with Crippen LogP contribution in [-0.2, 0) is 11.8 Å². The molecule has 0 spiro atoms. The summed E-state index contributed by atoms with van der Waals surface area (Å²) in [6.07, 6.45) is 4.70. The Morgan fingerprint density at radius 1 is 1.28 bits per heavy atom. The fraction of sp³-hybridized carbons (Fsp3) is 0.727. The van der Waals surface area contributed by atoms with Crippen LogP contribution >= 0.6 is 11.8 Å². The number of hydrogen-bond donors (Lipinski definition) is 1. The zero-order valence-electron chi connectivity index (χ0n) is 10.6. The number of anilines is 1. The van der Waals surface area contributed by atoms with Crippen molar-refractivity contribution in [3.8, 4) is 0 Å². The molecule has 1 aliphatic heterocycles. The van der Waals surface area contributed by atoms with Gasteiger partial charge in [0.25, 0.3) is 0 Å². The summed E-state index contributed by atoms with van der Waals surface area (Å²) in [5, 5.41) is 8.39. The van der Waals surface area contributed by atoms with E-state index in [-0.39, 0.29) is 5.91 Å². The Morgan fingerprint density at radius 3 is 2.50 bits per heavy atom. The molecule has 0 radical (unpaired) electrons. The minimum Gasteiger partial charge on any atom is -0.368 e. The minimum atomic E-state index is 0.184. The van der Waals surface area contributed by atoms with Crippen molar-refractivity contribution in [3.63, 3.8) is 0 Å². The highest BCUT2D eigenvalue weighted by atomic mass is 32.2. The predicted octanol–water partition coefficient (Wildman–Crippen LogP) is 0.892. The third-order valence-corrected chi connectivity index (χ3v) is 4.16. The molecule has 2 heterocycles. The van der Waals surface area contributed by atoms with Gasteiger partial charge in [-0.05, 0) is 12.8 Å². The van der Waals surface area contributed by atoms with Gasteiger partial charge in [0, 0.05) is 20.1 Å². The molecule has 18 heavy (non-hydrogen) atoms. The van der Waals surface area contributed by atoms with Crippen molar-refractivity contribution in [2.24, 2.45) is 7.05 Å². The highest BCUT2D eigenvalue weighted by Crippen LogP contribution is 2.18. The number of nitrogens with two attached hydrogens (primary N) is 1. The van der Waals surface area contributed by atoms with Crippen LogP contribution in [0.1, 0.15) is 25.7 Å². The molecule has 2 N–H and O–H groups in total. The molecule has 1 aromatic heterocycles. The van der Waals surface area contributed by atoms with Gasteiger partial charge in [-0.3, -0.25) is 9.36 Å². The van der Waals surface area contributed by atoms with Crippen LogP contribution in [0.25, 0.3) is 0 Å². The summed E-state index contributed by atoms with van der Waals surface area (Å²) in [7, 11) is 1.80. The Balaban J connectivity index is 1.85. The Labute approximate surface area is 111 Å². The summed E-state index contributed by atoms with van der Waals surface area (Å²) in [5.41, 5.74) is 5.59. The van der Waals surface area contributed by atoms with Gasteiger partial charge in [0.2, 0.25) is 11.9 Å². The van der Waals surface area contributed by atoms with Crippen molar-refractivity contribution in [1.29, 1.82) is 0 Å². The number of likely N-dealkylation sites (tertiary alicyclic amines) is 1. The molecule has 0 unspecified atom stereocenters. The molecule has 2 rings (SSSR count). The first-order valence-electron chi connectivity index (χ1n) is 6.24. The van der Waals surface area contributed by atoms with Crippen molar-refractivity contribution < 1.29 is 4.79 Å². The summed E-state index contributed by atoms with van der Waals surface area (Å²) in [4.78, 5) is 14.0. The maximum atomic E-state index is 12.1. The van der Waals surface area contributed by atoms with E-state index in [9.17, 15) is 4.79 Å². The molecule has 1 aliphatic rings. The van der Waals surface area contributed by atoms with Crippen molar-refractivity contribution in [2.45, 2.75) is 30.8 Å². The van der Waals surface area contributed by atoms with Crippen molar-refractivity contribution >= 4 is 23.6 Å². The van der Waals surface area contributed by atoms with E-state index in [1.165, 1.54) is 24.6 Å². The van der Waals surface area contributed by atoms with E-state index in [1.54, 1.807) is 11.6 Å². The average molecular weight is 269 g/mol. The molecule has 6 nitrogen and oxygen atoms in total. The molecular formula is C11H19N5OS. The molecular weight excluding hydrogens is 250 g/mol. The van der Waals surface area contributed by atoms with Crippen LogP contribution in [0.5, 0.6) is 0 Å². The second kappa shape index (κ2) is 6.08. The highest BCUT2D eigenvalue weighted by molar-refractivity contribution is 7.99. The van der Waals surface area contributed by atoms with Gasteiger partial charge in [0.05, 0.1) is 5.75 Å². The van der Waals surface area contributed by atoms with E-state index in [4.69, 9.17) is 5.73 Å². The van der Waals surface area contributed by atoms with Gasteiger partial charge in [0.15, 0.2) is 5.16 Å². The molecule has 100 valence electrons. The zero-order chi connectivity index (χ0) is 13.0. The zero-order valence-corrected chi connectivity index (χ0v) is 11.4. The fourth-order valence-electron chi connectivity index (χ4n) is 1.99. The lowest BCUT2D eigenvalue weighted by Crippen LogP contribution is -2.33. The quantitative estimate of drug-likeness (QED) is 0.825. The number of carbonyl (C=O) groups is 1. The SMILES string of the molecule is Cn1c(N)nnc1SCC(=O)N1CCCCCC1. The molecule has 1 saturated heterocycles. The first-order valence-corrected chi connectivity index (χ1v) is 7.22. The van der Waals surface area contributed by atoms with Gasteiger partial charge in [-0.15, -0.1) is 10.2 Å². The monoisotopic (exact) mass is 269 g/mol. The van der Waals surface area contributed by atoms with E-state index >= 15 is 0 Å². The van der Waals surface area contributed by atoms with Gasteiger partial charge in [-0.2, -0.15) is 0 Å². The van der Waals surface area contributed by atoms with Crippen molar-refractivity contribution in [1.82, 2.24) is 19.7 Å². The van der Waals surface area contributed by atoms with Crippen LogP contribution in [-0.4, -0.2) is 44.4 Å². The molecule has 1 amide bonds. The Bertz CT molecular complexity index is 412. The maximum Gasteiger partial charge on any atom is 0.233 e. The molecule has 1 aromatic rings. The second-order valence-corrected chi connectivity index (χ2v) is 5.43. The summed E-state index contributed by atoms with van der Waals surface area (Å²) in [6.45, 7) is 1.78. The normalized spacial score (nSPS) is 16.6. The minimum absolute atomic E-state index is 0.184. The molecule has 1 fully saturated rings. The number of hydrogen-bond acceptors (Lipinski definition) is 5. The summed E-state index contributed by atoms with van der Waals surface area (Å²) in [5.74, 6) is 0.967. The molecule has 0 atom stereocenters. The largest absolute Gasteiger partial charge is 0.368 e. The van der Waals surface area contributed by atoms with Crippen LogP contribution < -0.4 is 5.73 Å². The van der Waals surface area contributed by atoms with Crippen LogP contribution in [0.2, 0.25) is 0 Å². The second-order valence-electron chi connectivity index (χ2n) is 4.48. The van der Waals surface area contributed by atoms with E-state index in [0.29, 0.717) is 16.9 Å². The number of aromatic nitrogens is 3. The van der Waals surface area contributed by atoms with Gasteiger partial charge in [-0.1, -0.05) is 24.6 Å².